The lowest BCUT2D eigenvalue weighted by atomic mass is 9.72. The first-order chi connectivity index (χ1) is 11.0. The SMILES string of the molecule is Cc1ccc(CC(=O)N2CCC3(CCC(=O)N(C)C3)CC2)cc1. The van der Waals surface area contributed by atoms with Gasteiger partial charge in [0.05, 0.1) is 6.42 Å². The molecule has 2 amide bonds. The molecule has 0 aliphatic carbocycles. The zero-order valence-corrected chi connectivity index (χ0v) is 14.2. The maximum Gasteiger partial charge on any atom is 0.226 e. The fourth-order valence-corrected chi connectivity index (χ4v) is 3.86. The third kappa shape index (κ3) is 3.57. The molecule has 4 heteroatoms. The molecule has 0 aromatic heterocycles. The van der Waals surface area contributed by atoms with Gasteiger partial charge in [-0.2, -0.15) is 0 Å². The monoisotopic (exact) mass is 314 g/mol. The summed E-state index contributed by atoms with van der Waals surface area (Å²) in [6.45, 7) is 4.56. The lowest BCUT2D eigenvalue weighted by Crippen LogP contribution is -2.51. The first-order valence-corrected chi connectivity index (χ1v) is 8.55. The Morgan fingerprint density at radius 2 is 1.78 bits per heavy atom. The van der Waals surface area contributed by atoms with Crippen molar-refractivity contribution in [3.8, 4) is 0 Å². The van der Waals surface area contributed by atoms with Crippen LogP contribution in [0.1, 0.15) is 36.8 Å². The van der Waals surface area contributed by atoms with Crippen molar-refractivity contribution in [2.75, 3.05) is 26.7 Å². The number of aryl methyl sites for hydroxylation is 1. The number of carbonyl (C=O) groups excluding carboxylic acids is 2. The maximum atomic E-state index is 12.5. The van der Waals surface area contributed by atoms with Crippen molar-refractivity contribution in [3.63, 3.8) is 0 Å². The van der Waals surface area contributed by atoms with Gasteiger partial charge in [-0.05, 0) is 37.2 Å². The molecule has 2 aliphatic heterocycles. The Balaban J connectivity index is 1.55. The van der Waals surface area contributed by atoms with Gasteiger partial charge in [-0.1, -0.05) is 29.8 Å². The molecule has 1 spiro atoms. The van der Waals surface area contributed by atoms with Crippen molar-refractivity contribution in [3.05, 3.63) is 35.4 Å². The summed E-state index contributed by atoms with van der Waals surface area (Å²) in [6, 6.07) is 8.20. The number of benzene rings is 1. The lowest BCUT2D eigenvalue weighted by Gasteiger charge is -2.46. The van der Waals surface area contributed by atoms with Crippen molar-refractivity contribution < 1.29 is 9.59 Å². The highest BCUT2D eigenvalue weighted by Crippen LogP contribution is 2.39. The van der Waals surface area contributed by atoms with Gasteiger partial charge in [0, 0.05) is 33.1 Å². The van der Waals surface area contributed by atoms with E-state index in [0.717, 1.165) is 44.5 Å². The smallest absolute Gasteiger partial charge is 0.226 e. The molecule has 1 aromatic rings. The van der Waals surface area contributed by atoms with Gasteiger partial charge >= 0.3 is 0 Å². The van der Waals surface area contributed by atoms with E-state index in [2.05, 4.69) is 19.1 Å². The topological polar surface area (TPSA) is 40.6 Å². The van der Waals surface area contributed by atoms with Crippen LogP contribution < -0.4 is 0 Å². The molecule has 124 valence electrons. The highest BCUT2D eigenvalue weighted by atomic mass is 16.2. The van der Waals surface area contributed by atoms with E-state index in [-0.39, 0.29) is 17.2 Å². The Kier molecular flexibility index (Phi) is 4.42. The third-order valence-corrected chi connectivity index (χ3v) is 5.52. The van der Waals surface area contributed by atoms with Crippen LogP contribution in [0.4, 0.5) is 0 Å². The number of carbonyl (C=O) groups is 2. The van der Waals surface area contributed by atoms with Crippen LogP contribution in [0.2, 0.25) is 0 Å². The zero-order valence-electron chi connectivity index (χ0n) is 14.2. The van der Waals surface area contributed by atoms with E-state index in [0.29, 0.717) is 12.8 Å². The summed E-state index contributed by atoms with van der Waals surface area (Å²) in [4.78, 5) is 28.1. The number of amides is 2. The predicted octanol–water partition coefficient (Wildman–Crippen LogP) is 2.40. The molecule has 2 fully saturated rings. The van der Waals surface area contributed by atoms with E-state index in [1.165, 1.54) is 5.56 Å². The highest BCUT2D eigenvalue weighted by molar-refractivity contribution is 5.79. The lowest BCUT2D eigenvalue weighted by molar-refractivity contribution is -0.140. The average molecular weight is 314 g/mol. The molecule has 3 rings (SSSR count). The number of hydrogen-bond acceptors (Lipinski definition) is 2. The maximum absolute atomic E-state index is 12.5. The molecule has 2 aliphatic rings. The Morgan fingerprint density at radius 1 is 1.13 bits per heavy atom. The normalized spacial score (nSPS) is 20.9. The molecule has 0 N–H and O–H groups in total. The predicted molar refractivity (Wildman–Crippen MR) is 90.0 cm³/mol. The fraction of sp³-hybridized carbons (Fsp3) is 0.579. The van der Waals surface area contributed by atoms with Crippen LogP contribution in [-0.2, 0) is 16.0 Å². The molecule has 2 saturated heterocycles. The van der Waals surface area contributed by atoms with Crippen LogP contribution >= 0.6 is 0 Å². The Hall–Kier alpha value is -1.84. The molecule has 23 heavy (non-hydrogen) atoms. The van der Waals surface area contributed by atoms with E-state index < -0.39 is 0 Å². The second-order valence-electron chi connectivity index (χ2n) is 7.29. The molecule has 4 nitrogen and oxygen atoms in total. The van der Waals surface area contributed by atoms with Crippen molar-refractivity contribution in [1.29, 1.82) is 0 Å². The summed E-state index contributed by atoms with van der Waals surface area (Å²) in [5.74, 6) is 0.484. The Labute approximate surface area is 138 Å². The highest BCUT2D eigenvalue weighted by Gasteiger charge is 2.40. The van der Waals surface area contributed by atoms with E-state index in [1.54, 1.807) is 0 Å². The molecule has 2 heterocycles. The first-order valence-electron chi connectivity index (χ1n) is 8.55. The third-order valence-electron chi connectivity index (χ3n) is 5.52. The van der Waals surface area contributed by atoms with Gasteiger partial charge in [-0.25, -0.2) is 0 Å². The zero-order chi connectivity index (χ0) is 16.4. The van der Waals surface area contributed by atoms with Crippen LogP contribution in [0.3, 0.4) is 0 Å². The summed E-state index contributed by atoms with van der Waals surface area (Å²) < 4.78 is 0. The molecule has 0 saturated carbocycles. The van der Waals surface area contributed by atoms with Crippen LogP contribution in [-0.4, -0.2) is 48.3 Å². The number of rotatable bonds is 2. The average Bonchev–Trinajstić information content (AvgIpc) is 2.54. The summed E-state index contributed by atoms with van der Waals surface area (Å²) in [5.41, 5.74) is 2.55. The van der Waals surface area contributed by atoms with Crippen LogP contribution in [0.5, 0.6) is 0 Å². The Bertz CT molecular complexity index is 586. The van der Waals surface area contributed by atoms with Crippen molar-refractivity contribution in [2.45, 2.75) is 39.0 Å². The second kappa shape index (κ2) is 6.34. The summed E-state index contributed by atoms with van der Waals surface area (Å²) in [6.07, 6.45) is 4.17. The quantitative estimate of drug-likeness (QED) is 0.841. The minimum Gasteiger partial charge on any atom is -0.345 e. The minimum atomic E-state index is 0.226. The molecular formula is C19H26N2O2. The van der Waals surface area contributed by atoms with Gasteiger partial charge in [0.2, 0.25) is 11.8 Å². The summed E-state index contributed by atoms with van der Waals surface area (Å²) in [7, 11) is 1.90. The summed E-state index contributed by atoms with van der Waals surface area (Å²) in [5, 5.41) is 0. The standard InChI is InChI=1S/C19H26N2O2/c1-15-3-5-16(6-4-15)13-18(23)21-11-9-19(10-12-21)8-7-17(22)20(2)14-19/h3-6H,7-14H2,1-2H3. The molecule has 0 radical (unpaired) electrons. The number of hydrogen-bond donors (Lipinski definition) is 0. The molecule has 0 bridgehead atoms. The number of nitrogens with zero attached hydrogens (tertiary/aromatic N) is 2. The van der Waals surface area contributed by atoms with Gasteiger partial charge in [-0.15, -0.1) is 0 Å². The van der Waals surface area contributed by atoms with Gasteiger partial charge in [0.1, 0.15) is 0 Å². The Morgan fingerprint density at radius 3 is 2.39 bits per heavy atom. The molecule has 0 unspecified atom stereocenters. The molecule has 1 aromatic carbocycles. The van der Waals surface area contributed by atoms with E-state index in [1.807, 2.05) is 29.0 Å². The molecular weight excluding hydrogens is 288 g/mol. The molecule has 0 atom stereocenters. The van der Waals surface area contributed by atoms with Gasteiger partial charge in [-0.3, -0.25) is 9.59 Å². The minimum absolute atomic E-state index is 0.226. The van der Waals surface area contributed by atoms with Crippen molar-refractivity contribution in [1.82, 2.24) is 9.80 Å². The number of piperidine rings is 2. The van der Waals surface area contributed by atoms with Crippen molar-refractivity contribution >= 4 is 11.8 Å². The van der Waals surface area contributed by atoms with E-state index >= 15 is 0 Å². The summed E-state index contributed by atoms with van der Waals surface area (Å²) >= 11 is 0. The van der Waals surface area contributed by atoms with Crippen LogP contribution in [0, 0.1) is 12.3 Å². The van der Waals surface area contributed by atoms with Gasteiger partial charge < -0.3 is 9.80 Å². The number of likely N-dealkylation sites (tertiary alicyclic amines) is 2. The van der Waals surface area contributed by atoms with Crippen LogP contribution in [0.25, 0.3) is 0 Å². The fourth-order valence-electron chi connectivity index (χ4n) is 3.86. The van der Waals surface area contributed by atoms with Crippen molar-refractivity contribution in [2.24, 2.45) is 5.41 Å². The largest absolute Gasteiger partial charge is 0.345 e. The van der Waals surface area contributed by atoms with Crippen LogP contribution in [0.15, 0.2) is 24.3 Å². The van der Waals surface area contributed by atoms with E-state index in [9.17, 15) is 9.59 Å². The van der Waals surface area contributed by atoms with E-state index in [4.69, 9.17) is 0 Å². The first kappa shape index (κ1) is 16.0. The van der Waals surface area contributed by atoms with Gasteiger partial charge in [0.25, 0.3) is 0 Å². The van der Waals surface area contributed by atoms with Gasteiger partial charge in [0.15, 0.2) is 0 Å². The second-order valence-corrected chi connectivity index (χ2v) is 7.29.